The van der Waals surface area contributed by atoms with E-state index in [1.165, 1.54) is 0 Å². The van der Waals surface area contributed by atoms with E-state index in [1.54, 1.807) is 0 Å². The number of nitrogens with zero attached hydrogens (tertiary/aromatic N) is 3. The highest BCUT2D eigenvalue weighted by Gasteiger charge is 2.33. The molecule has 1 aromatic rings. The van der Waals surface area contributed by atoms with Crippen molar-refractivity contribution in [3.63, 3.8) is 0 Å². The minimum absolute atomic E-state index is 0.118. The third-order valence-electron chi connectivity index (χ3n) is 4.66. The van der Waals surface area contributed by atoms with Crippen LogP contribution in [0.5, 0.6) is 0 Å². The molecule has 3 rings (SSSR count). The van der Waals surface area contributed by atoms with Gasteiger partial charge in [0.1, 0.15) is 5.82 Å². The monoisotopic (exact) mass is 262 g/mol. The summed E-state index contributed by atoms with van der Waals surface area (Å²) in [7, 11) is 0. The highest BCUT2D eigenvalue weighted by atomic mass is 16.2. The van der Waals surface area contributed by atoms with Crippen LogP contribution in [0.2, 0.25) is 0 Å². The molecule has 1 aromatic heterocycles. The van der Waals surface area contributed by atoms with E-state index in [2.05, 4.69) is 16.5 Å². The first kappa shape index (κ1) is 12.7. The van der Waals surface area contributed by atoms with Crippen molar-refractivity contribution in [1.29, 1.82) is 0 Å². The molecular weight excluding hydrogens is 240 g/mol. The van der Waals surface area contributed by atoms with Crippen LogP contribution in [0.4, 0.5) is 0 Å². The summed E-state index contributed by atoms with van der Waals surface area (Å²) < 4.78 is 2.12. The Morgan fingerprint density at radius 2 is 2.26 bits per heavy atom. The Labute approximate surface area is 113 Å². The lowest BCUT2D eigenvalue weighted by molar-refractivity contribution is -0.138. The van der Waals surface area contributed by atoms with Gasteiger partial charge in [0.05, 0.1) is 6.54 Å². The number of aromatic nitrogens is 2. The first-order valence-corrected chi connectivity index (χ1v) is 7.19. The zero-order valence-electron chi connectivity index (χ0n) is 11.5. The Hall–Kier alpha value is -1.36. The topological polar surface area (TPSA) is 64.2 Å². The van der Waals surface area contributed by atoms with Crippen molar-refractivity contribution in [2.45, 2.75) is 45.3 Å². The lowest BCUT2D eigenvalue weighted by atomic mass is 9.79. The van der Waals surface area contributed by atoms with Crippen LogP contribution < -0.4 is 5.73 Å². The van der Waals surface area contributed by atoms with Gasteiger partial charge < -0.3 is 15.2 Å². The van der Waals surface area contributed by atoms with Gasteiger partial charge in [0.25, 0.3) is 0 Å². The van der Waals surface area contributed by atoms with Crippen molar-refractivity contribution < 1.29 is 4.79 Å². The first-order valence-electron chi connectivity index (χ1n) is 7.19. The minimum Gasteiger partial charge on any atom is -0.333 e. The molecule has 104 valence electrons. The summed E-state index contributed by atoms with van der Waals surface area (Å²) in [5, 5.41) is 0. The van der Waals surface area contributed by atoms with E-state index in [9.17, 15) is 4.79 Å². The number of carbonyl (C=O) groups is 1. The second-order valence-corrected chi connectivity index (χ2v) is 5.95. The van der Waals surface area contributed by atoms with Gasteiger partial charge in [0.15, 0.2) is 0 Å². The van der Waals surface area contributed by atoms with Crippen LogP contribution in [-0.4, -0.2) is 32.9 Å². The molecule has 5 heteroatoms. The fourth-order valence-corrected chi connectivity index (χ4v) is 3.20. The maximum atomic E-state index is 12.6. The zero-order valence-corrected chi connectivity index (χ0v) is 11.5. The summed E-state index contributed by atoms with van der Waals surface area (Å²) in [5.74, 6) is 1.93. The molecule has 1 amide bonds. The smallest absolute Gasteiger partial charge is 0.226 e. The second kappa shape index (κ2) is 4.96. The van der Waals surface area contributed by atoms with E-state index < -0.39 is 0 Å². The molecule has 0 aromatic carbocycles. The third-order valence-corrected chi connectivity index (χ3v) is 4.66. The second-order valence-electron chi connectivity index (χ2n) is 5.95. The lowest BCUT2D eigenvalue weighted by Crippen LogP contribution is -2.45. The molecule has 1 saturated carbocycles. The van der Waals surface area contributed by atoms with Gasteiger partial charge in [-0.2, -0.15) is 0 Å². The SMILES string of the molecule is CC1CCC(C(=O)N2CCn3ccnc3C2)CC1N. The van der Waals surface area contributed by atoms with Gasteiger partial charge >= 0.3 is 0 Å². The van der Waals surface area contributed by atoms with Crippen LogP contribution in [-0.2, 0) is 17.9 Å². The van der Waals surface area contributed by atoms with Crippen molar-refractivity contribution >= 4 is 5.91 Å². The molecule has 2 aliphatic rings. The van der Waals surface area contributed by atoms with Gasteiger partial charge in [-0.1, -0.05) is 6.92 Å². The highest BCUT2D eigenvalue weighted by Crippen LogP contribution is 2.29. The third kappa shape index (κ3) is 2.39. The van der Waals surface area contributed by atoms with E-state index in [0.717, 1.165) is 38.2 Å². The molecule has 2 heterocycles. The maximum absolute atomic E-state index is 12.6. The summed E-state index contributed by atoms with van der Waals surface area (Å²) in [4.78, 5) is 18.8. The fraction of sp³-hybridized carbons (Fsp3) is 0.714. The molecule has 1 aliphatic carbocycles. The summed E-state index contributed by atoms with van der Waals surface area (Å²) in [5.41, 5.74) is 6.11. The van der Waals surface area contributed by atoms with Crippen LogP contribution in [0.1, 0.15) is 32.0 Å². The Bertz CT molecular complexity index is 470. The molecule has 3 atom stereocenters. The largest absolute Gasteiger partial charge is 0.333 e. The van der Waals surface area contributed by atoms with Gasteiger partial charge in [-0.15, -0.1) is 0 Å². The van der Waals surface area contributed by atoms with E-state index in [-0.39, 0.29) is 17.9 Å². The molecule has 1 aliphatic heterocycles. The Balaban J connectivity index is 1.65. The average molecular weight is 262 g/mol. The molecule has 1 fully saturated rings. The molecule has 19 heavy (non-hydrogen) atoms. The van der Waals surface area contributed by atoms with Gasteiger partial charge in [-0.25, -0.2) is 4.98 Å². The number of rotatable bonds is 1. The normalized spacial score (nSPS) is 31.1. The van der Waals surface area contributed by atoms with Gasteiger partial charge in [-0.05, 0) is 25.2 Å². The highest BCUT2D eigenvalue weighted by molar-refractivity contribution is 5.79. The summed E-state index contributed by atoms with van der Waals surface area (Å²) in [6, 6.07) is 0.175. The van der Waals surface area contributed by atoms with E-state index in [1.807, 2.05) is 17.3 Å². The number of fused-ring (bicyclic) bond motifs is 1. The average Bonchev–Trinajstić information content (AvgIpc) is 2.88. The first-order chi connectivity index (χ1) is 9.15. The van der Waals surface area contributed by atoms with Crippen molar-refractivity contribution in [1.82, 2.24) is 14.5 Å². The van der Waals surface area contributed by atoms with Crippen molar-refractivity contribution in [3.8, 4) is 0 Å². The van der Waals surface area contributed by atoms with Crippen LogP contribution >= 0.6 is 0 Å². The van der Waals surface area contributed by atoms with Crippen LogP contribution in [0.3, 0.4) is 0 Å². The number of hydrogen-bond acceptors (Lipinski definition) is 3. The number of amides is 1. The predicted octanol–water partition coefficient (Wildman–Crippen LogP) is 0.989. The van der Waals surface area contributed by atoms with Gasteiger partial charge in [0.2, 0.25) is 5.91 Å². The van der Waals surface area contributed by atoms with Crippen LogP contribution in [0.25, 0.3) is 0 Å². The quantitative estimate of drug-likeness (QED) is 0.821. The van der Waals surface area contributed by atoms with E-state index in [0.29, 0.717) is 12.5 Å². The molecule has 0 radical (unpaired) electrons. The van der Waals surface area contributed by atoms with Crippen molar-refractivity contribution in [2.24, 2.45) is 17.6 Å². The van der Waals surface area contributed by atoms with Gasteiger partial charge in [-0.3, -0.25) is 4.79 Å². The molecule has 3 unspecified atom stereocenters. The molecule has 5 nitrogen and oxygen atoms in total. The summed E-state index contributed by atoms with van der Waals surface area (Å²) >= 11 is 0. The molecule has 0 saturated heterocycles. The van der Waals surface area contributed by atoms with Gasteiger partial charge in [0, 0.05) is 37.4 Å². The molecule has 2 N–H and O–H groups in total. The number of hydrogen-bond donors (Lipinski definition) is 1. The summed E-state index contributed by atoms with van der Waals surface area (Å²) in [6.07, 6.45) is 6.68. The molecular formula is C14H22N4O. The van der Waals surface area contributed by atoms with Crippen LogP contribution in [0.15, 0.2) is 12.4 Å². The number of imidazole rings is 1. The maximum Gasteiger partial charge on any atom is 0.226 e. The van der Waals surface area contributed by atoms with E-state index in [4.69, 9.17) is 5.73 Å². The van der Waals surface area contributed by atoms with E-state index >= 15 is 0 Å². The summed E-state index contributed by atoms with van der Waals surface area (Å²) in [6.45, 7) is 4.48. The molecule has 0 bridgehead atoms. The Morgan fingerprint density at radius 1 is 1.42 bits per heavy atom. The predicted molar refractivity (Wildman–Crippen MR) is 72.1 cm³/mol. The Morgan fingerprint density at radius 3 is 3.05 bits per heavy atom. The lowest BCUT2D eigenvalue weighted by Gasteiger charge is -2.35. The standard InChI is InChI=1S/C14H22N4O/c1-10-2-3-11(8-12(10)15)14(19)18-7-6-17-5-4-16-13(17)9-18/h4-5,10-12H,2-3,6-9,15H2,1H3. The zero-order chi connectivity index (χ0) is 13.4. The minimum atomic E-state index is 0.118. The van der Waals surface area contributed by atoms with Crippen molar-refractivity contribution in [3.05, 3.63) is 18.2 Å². The van der Waals surface area contributed by atoms with Crippen molar-refractivity contribution in [2.75, 3.05) is 6.54 Å². The molecule has 0 spiro atoms. The number of nitrogens with two attached hydrogens (primary N) is 1. The fourth-order valence-electron chi connectivity index (χ4n) is 3.20. The van der Waals surface area contributed by atoms with Crippen LogP contribution in [0, 0.1) is 11.8 Å². The number of carbonyl (C=O) groups excluding carboxylic acids is 1. The Kier molecular flexibility index (Phi) is 3.31.